The molecule has 17 heavy (non-hydrogen) atoms. The van der Waals surface area contributed by atoms with E-state index in [1.807, 2.05) is 12.1 Å². The second-order valence-electron chi connectivity index (χ2n) is 3.78. The zero-order valence-electron chi connectivity index (χ0n) is 9.25. The number of halogens is 2. The molecule has 0 fully saturated rings. The van der Waals surface area contributed by atoms with E-state index in [0.717, 1.165) is 29.9 Å². The smallest absolute Gasteiger partial charge is 0.135 e. The number of rotatable bonds is 4. The van der Waals surface area contributed by atoms with E-state index in [1.54, 1.807) is 18.2 Å². The van der Waals surface area contributed by atoms with Gasteiger partial charge in [0.15, 0.2) is 0 Å². The fraction of sp³-hybridized carbons (Fsp3) is 0.231. The van der Waals surface area contributed by atoms with Crippen LogP contribution in [0, 0.1) is 0 Å². The summed E-state index contributed by atoms with van der Waals surface area (Å²) < 4.78 is 5.71. The van der Waals surface area contributed by atoms with Crippen LogP contribution in [-0.4, -0.2) is 6.54 Å². The Morgan fingerprint density at radius 3 is 2.71 bits per heavy atom. The van der Waals surface area contributed by atoms with Crippen LogP contribution in [0.4, 0.5) is 0 Å². The van der Waals surface area contributed by atoms with Crippen molar-refractivity contribution in [3.8, 4) is 11.3 Å². The first-order chi connectivity index (χ1) is 8.20. The standard InChI is InChI=1S/C13H13Cl2NO/c14-9-3-5-12(15)11(8-9)13-6-4-10(17-13)2-1-7-16/h3-6,8H,1-2,7,16H2. The van der Waals surface area contributed by atoms with Crippen LogP contribution in [0.1, 0.15) is 12.2 Å². The minimum absolute atomic E-state index is 0.633. The van der Waals surface area contributed by atoms with Gasteiger partial charge in [0.05, 0.1) is 5.02 Å². The fourth-order valence-corrected chi connectivity index (χ4v) is 2.00. The quantitative estimate of drug-likeness (QED) is 0.906. The summed E-state index contributed by atoms with van der Waals surface area (Å²) in [6.45, 7) is 0.661. The van der Waals surface area contributed by atoms with Crippen LogP contribution in [0.25, 0.3) is 11.3 Å². The zero-order chi connectivity index (χ0) is 12.3. The molecule has 2 aromatic rings. The highest BCUT2D eigenvalue weighted by molar-refractivity contribution is 6.35. The molecular formula is C13H13Cl2NO. The molecule has 0 saturated carbocycles. The molecule has 0 radical (unpaired) electrons. The van der Waals surface area contributed by atoms with Gasteiger partial charge < -0.3 is 10.2 Å². The second kappa shape index (κ2) is 5.58. The molecule has 0 atom stereocenters. The van der Waals surface area contributed by atoms with E-state index in [0.29, 0.717) is 16.6 Å². The lowest BCUT2D eigenvalue weighted by atomic mass is 10.2. The third-order valence-corrected chi connectivity index (χ3v) is 3.05. The summed E-state index contributed by atoms with van der Waals surface area (Å²) in [6.07, 6.45) is 1.75. The van der Waals surface area contributed by atoms with E-state index in [1.165, 1.54) is 0 Å². The lowest BCUT2D eigenvalue weighted by Gasteiger charge is -2.01. The summed E-state index contributed by atoms with van der Waals surface area (Å²) in [4.78, 5) is 0. The largest absolute Gasteiger partial charge is 0.461 e. The van der Waals surface area contributed by atoms with E-state index in [2.05, 4.69) is 0 Å². The lowest BCUT2D eigenvalue weighted by Crippen LogP contribution is -1.99. The Morgan fingerprint density at radius 1 is 1.12 bits per heavy atom. The third kappa shape index (κ3) is 3.03. The normalized spacial score (nSPS) is 10.8. The molecule has 0 aliphatic rings. The number of hydrogen-bond donors (Lipinski definition) is 1. The van der Waals surface area contributed by atoms with Gasteiger partial charge in [0, 0.05) is 17.0 Å². The van der Waals surface area contributed by atoms with E-state index < -0.39 is 0 Å². The molecule has 1 heterocycles. The van der Waals surface area contributed by atoms with Crippen molar-refractivity contribution < 1.29 is 4.42 Å². The summed E-state index contributed by atoms with van der Waals surface area (Å²) in [5.74, 6) is 1.66. The van der Waals surface area contributed by atoms with Gasteiger partial charge >= 0.3 is 0 Å². The third-order valence-electron chi connectivity index (χ3n) is 2.48. The molecule has 0 saturated heterocycles. The number of benzene rings is 1. The van der Waals surface area contributed by atoms with Gasteiger partial charge in [-0.05, 0) is 43.3 Å². The van der Waals surface area contributed by atoms with Crippen molar-refractivity contribution in [3.63, 3.8) is 0 Å². The monoisotopic (exact) mass is 269 g/mol. The van der Waals surface area contributed by atoms with E-state index >= 15 is 0 Å². The fourth-order valence-electron chi connectivity index (χ4n) is 1.62. The molecule has 4 heteroatoms. The van der Waals surface area contributed by atoms with Crippen molar-refractivity contribution in [2.75, 3.05) is 6.54 Å². The predicted octanol–water partition coefficient (Wildman–Crippen LogP) is 4.14. The average Bonchev–Trinajstić information content (AvgIpc) is 2.78. The Labute approximate surface area is 110 Å². The lowest BCUT2D eigenvalue weighted by molar-refractivity contribution is 0.515. The topological polar surface area (TPSA) is 39.2 Å². The number of aryl methyl sites for hydroxylation is 1. The molecule has 2 rings (SSSR count). The highest BCUT2D eigenvalue weighted by Crippen LogP contribution is 2.31. The maximum Gasteiger partial charge on any atom is 0.135 e. The first kappa shape index (κ1) is 12.5. The molecule has 1 aromatic heterocycles. The van der Waals surface area contributed by atoms with Crippen LogP contribution in [0.5, 0.6) is 0 Å². The Balaban J connectivity index is 2.27. The van der Waals surface area contributed by atoms with E-state index in [9.17, 15) is 0 Å². The van der Waals surface area contributed by atoms with Gasteiger partial charge in [-0.2, -0.15) is 0 Å². The van der Waals surface area contributed by atoms with Crippen molar-refractivity contribution in [3.05, 3.63) is 46.1 Å². The SMILES string of the molecule is NCCCc1ccc(-c2cc(Cl)ccc2Cl)o1. The zero-order valence-corrected chi connectivity index (χ0v) is 10.8. The average molecular weight is 270 g/mol. The summed E-state index contributed by atoms with van der Waals surface area (Å²) in [6, 6.07) is 9.17. The minimum Gasteiger partial charge on any atom is -0.461 e. The minimum atomic E-state index is 0.633. The van der Waals surface area contributed by atoms with Gasteiger partial charge in [0.1, 0.15) is 11.5 Å². The van der Waals surface area contributed by atoms with Gasteiger partial charge in [0.25, 0.3) is 0 Å². The van der Waals surface area contributed by atoms with Gasteiger partial charge in [-0.15, -0.1) is 0 Å². The first-order valence-corrected chi connectivity index (χ1v) is 6.20. The van der Waals surface area contributed by atoms with Crippen molar-refractivity contribution in [2.45, 2.75) is 12.8 Å². The molecule has 2 N–H and O–H groups in total. The summed E-state index contributed by atoms with van der Waals surface area (Å²) in [7, 11) is 0. The highest BCUT2D eigenvalue weighted by atomic mass is 35.5. The molecule has 90 valence electrons. The number of nitrogens with two attached hydrogens (primary N) is 1. The van der Waals surface area contributed by atoms with Crippen LogP contribution < -0.4 is 5.73 Å². The molecule has 0 amide bonds. The summed E-state index contributed by atoms with van der Waals surface area (Å²) in [5.41, 5.74) is 6.28. The van der Waals surface area contributed by atoms with Crippen LogP contribution >= 0.6 is 23.2 Å². The Kier molecular flexibility index (Phi) is 4.11. The van der Waals surface area contributed by atoms with Gasteiger partial charge in [0.2, 0.25) is 0 Å². The maximum absolute atomic E-state index is 6.11. The molecule has 0 aliphatic heterocycles. The molecule has 1 aromatic carbocycles. The molecule has 0 aliphatic carbocycles. The molecule has 0 spiro atoms. The van der Waals surface area contributed by atoms with E-state index in [-0.39, 0.29) is 0 Å². The first-order valence-electron chi connectivity index (χ1n) is 5.45. The second-order valence-corrected chi connectivity index (χ2v) is 4.63. The van der Waals surface area contributed by atoms with Crippen LogP contribution in [0.15, 0.2) is 34.7 Å². The number of hydrogen-bond acceptors (Lipinski definition) is 2. The molecular weight excluding hydrogens is 257 g/mol. The van der Waals surface area contributed by atoms with Gasteiger partial charge in [-0.1, -0.05) is 23.2 Å². The maximum atomic E-state index is 6.11. The highest BCUT2D eigenvalue weighted by Gasteiger charge is 2.09. The molecule has 0 unspecified atom stereocenters. The van der Waals surface area contributed by atoms with Crippen molar-refractivity contribution in [1.82, 2.24) is 0 Å². The van der Waals surface area contributed by atoms with Crippen LogP contribution in [0.2, 0.25) is 10.0 Å². The van der Waals surface area contributed by atoms with Gasteiger partial charge in [-0.25, -0.2) is 0 Å². The predicted molar refractivity (Wildman–Crippen MR) is 71.5 cm³/mol. The van der Waals surface area contributed by atoms with Crippen LogP contribution in [-0.2, 0) is 6.42 Å². The van der Waals surface area contributed by atoms with Gasteiger partial charge in [-0.3, -0.25) is 0 Å². The van der Waals surface area contributed by atoms with Crippen molar-refractivity contribution in [2.24, 2.45) is 5.73 Å². The Hall–Kier alpha value is -0.960. The summed E-state index contributed by atoms with van der Waals surface area (Å²) in [5, 5.41) is 1.28. The van der Waals surface area contributed by atoms with Crippen molar-refractivity contribution in [1.29, 1.82) is 0 Å². The number of furan rings is 1. The molecule has 0 bridgehead atoms. The van der Waals surface area contributed by atoms with E-state index in [4.69, 9.17) is 33.4 Å². The Morgan fingerprint density at radius 2 is 1.94 bits per heavy atom. The summed E-state index contributed by atoms with van der Waals surface area (Å²) >= 11 is 12.0. The van der Waals surface area contributed by atoms with Crippen molar-refractivity contribution >= 4 is 23.2 Å². The Bertz CT molecular complexity index is 508. The molecule has 2 nitrogen and oxygen atoms in total. The van der Waals surface area contributed by atoms with Crippen LogP contribution in [0.3, 0.4) is 0 Å².